The van der Waals surface area contributed by atoms with Crippen molar-refractivity contribution < 1.29 is 24.1 Å². The zero-order valence-electron chi connectivity index (χ0n) is 18.5. The lowest BCUT2D eigenvalue weighted by Crippen LogP contribution is -2.25. The Hall–Kier alpha value is -3.52. The maximum Gasteiger partial charge on any atom is 0.329 e. The Morgan fingerprint density at radius 2 is 1.91 bits per heavy atom. The number of hydrogen-bond acceptors (Lipinski definition) is 5. The van der Waals surface area contributed by atoms with E-state index >= 15 is 0 Å². The molecule has 8 heteroatoms. The molecule has 0 saturated heterocycles. The topological polar surface area (TPSA) is 108 Å². The standard InChI is InChI=1S/C23H22FN3O.C2H4O3/c1-13(2)22-21(14-6-8-16(24)9-7-14)18-10-15-12-25-27-20(15)11-19(18)23(26-22)28-17-4-3-5-17;3-1-2(4)5/h6-13,17H,3-5H2,1-2H3,(H,25,27);3H,1H2,(H,4,5). The second-order valence-corrected chi connectivity index (χ2v) is 8.42. The molecule has 3 N–H and O–H groups in total. The van der Waals surface area contributed by atoms with E-state index in [1.807, 2.05) is 18.3 Å². The van der Waals surface area contributed by atoms with Crippen molar-refractivity contribution in [1.82, 2.24) is 15.2 Å². The van der Waals surface area contributed by atoms with Gasteiger partial charge in [0.25, 0.3) is 0 Å². The highest BCUT2D eigenvalue weighted by Gasteiger charge is 2.24. The van der Waals surface area contributed by atoms with Crippen LogP contribution in [0.25, 0.3) is 32.8 Å². The number of carbonyl (C=O) groups is 1. The first-order valence-electron chi connectivity index (χ1n) is 10.9. The first kappa shape index (κ1) is 22.7. The largest absolute Gasteiger partial charge is 0.480 e. The Morgan fingerprint density at radius 3 is 2.48 bits per heavy atom. The molecule has 2 aromatic heterocycles. The predicted molar refractivity (Wildman–Crippen MR) is 124 cm³/mol. The van der Waals surface area contributed by atoms with E-state index in [-0.39, 0.29) is 17.8 Å². The fourth-order valence-corrected chi connectivity index (χ4v) is 3.81. The van der Waals surface area contributed by atoms with Crippen molar-refractivity contribution in [3.05, 3.63) is 54.1 Å². The number of carboxylic acids is 1. The lowest BCUT2D eigenvalue weighted by molar-refractivity contribution is -0.140. The average molecular weight is 451 g/mol. The van der Waals surface area contributed by atoms with Crippen LogP contribution in [0.3, 0.4) is 0 Å². The third kappa shape index (κ3) is 4.80. The van der Waals surface area contributed by atoms with Crippen LogP contribution >= 0.6 is 0 Å². The number of benzene rings is 2. The summed E-state index contributed by atoms with van der Waals surface area (Å²) in [5.41, 5.74) is 3.92. The van der Waals surface area contributed by atoms with Crippen molar-refractivity contribution in [3.8, 4) is 17.0 Å². The summed E-state index contributed by atoms with van der Waals surface area (Å²) in [6, 6.07) is 10.8. The number of carboxylic acid groups (broad SMARTS) is 1. The van der Waals surface area contributed by atoms with Gasteiger partial charge in [0.1, 0.15) is 18.5 Å². The normalized spacial score (nSPS) is 13.6. The van der Waals surface area contributed by atoms with Crippen molar-refractivity contribution in [2.24, 2.45) is 0 Å². The summed E-state index contributed by atoms with van der Waals surface area (Å²) in [5, 5.41) is 25.3. The van der Waals surface area contributed by atoms with Crippen LogP contribution in [0.2, 0.25) is 0 Å². The predicted octanol–water partition coefficient (Wildman–Crippen LogP) is 5.04. The van der Waals surface area contributed by atoms with E-state index in [2.05, 4.69) is 36.2 Å². The summed E-state index contributed by atoms with van der Waals surface area (Å²) in [7, 11) is 0. The summed E-state index contributed by atoms with van der Waals surface area (Å²) in [4.78, 5) is 14.1. The number of fused-ring (bicyclic) bond motifs is 2. The number of aromatic amines is 1. The van der Waals surface area contributed by atoms with Crippen LogP contribution in [0.4, 0.5) is 4.39 Å². The average Bonchev–Trinajstić information content (AvgIpc) is 3.23. The molecule has 4 aromatic rings. The molecule has 0 atom stereocenters. The van der Waals surface area contributed by atoms with Crippen LogP contribution < -0.4 is 4.74 Å². The molecule has 1 saturated carbocycles. The first-order valence-corrected chi connectivity index (χ1v) is 10.9. The van der Waals surface area contributed by atoms with Gasteiger partial charge in [-0.3, -0.25) is 5.10 Å². The lowest BCUT2D eigenvalue weighted by Gasteiger charge is -2.27. The van der Waals surface area contributed by atoms with Gasteiger partial charge in [-0.05, 0) is 60.4 Å². The maximum absolute atomic E-state index is 13.5. The molecule has 0 aliphatic heterocycles. The Morgan fingerprint density at radius 1 is 1.21 bits per heavy atom. The molecule has 0 unspecified atom stereocenters. The van der Waals surface area contributed by atoms with Crippen molar-refractivity contribution >= 4 is 27.6 Å². The number of aromatic nitrogens is 3. The van der Waals surface area contributed by atoms with Crippen molar-refractivity contribution in [2.75, 3.05) is 6.61 Å². The number of pyridine rings is 1. The minimum atomic E-state index is -1.19. The Kier molecular flexibility index (Phi) is 6.55. The van der Waals surface area contributed by atoms with Gasteiger partial charge in [0, 0.05) is 16.3 Å². The molecular weight excluding hydrogens is 425 g/mol. The highest BCUT2D eigenvalue weighted by molar-refractivity contribution is 6.06. The van der Waals surface area contributed by atoms with Gasteiger partial charge in [-0.2, -0.15) is 5.10 Å². The second-order valence-electron chi connectivity index (χ2n) is 8.42. The van der Waals surface area contributed by atoms with Gasteiger partial charge >= 0.3 is 5.97 Å². The minimum absolute atomic E-state index is 0.202. The van der Waals surface area contributed by atoms with Gasteiger partial charge < -0.3 is 14.9 Å². The van der Waals surface area contributed by atoms with E-state index < -0.39 is 12.6 Å². The van der Waals surface area contributed by atoms with Gasteiger partial charge in [0.2, 0.25) is 5.88 Å². The molecule has 1 aliphatic carbocycles. The number of ether oxygens (including phenoxy) is 1. The summed E-state index contributed by atoms with van der Waals surface area (Å²) in [5.74, 6) is -0.543. The summed E-state index contributed by atoms with van der Waals surface area (Å²) < 4.78 is 19.8. The van der Waals surface area contributed by atoms with Crippen LogP contribution in [0, 0.1) is 5.82 Å². The summed E-state index contributed by atoms with van der Waals surface area (Å²) >= 11 is 0. The number of nitrogens with one attached hydrogen (secondary N) is 1. The maximum atomic E-state index is 13.5. The third-order valence-corrected chi connectivity index (χ3v) is 5.70. The Balaban J connectivity index is 0.000000471. The molecule has 2 aromatic carbocycles. The molecule has 1 fully saturated rings. The summed E-state index contributed by atoms with van der Waals surface area (Å²) in [6.45, 7) is 3.48. The van der Waals surface area contributed by atoms with Gasteiger partial charge in [0.05, 0.1) is 17.4 Å². The number of hydrogen-bond donors (Lipinski definition) is 3. The van der Waals surface area contributed by atoms with Crippen LogP contribution in [0.1, 0.15) is 44.7 Å². The van der Waals surface area contributed by atoms with Crippen LogP contribution in [0.15, 0.2) is 42.6 Å². The number of nitrogens with zero attached hydrogens (tertiary/aromatic N) is 2. The van der Waals surface area contributed by atoms with E-state index in [9.17, 15) is 4.39 Å². The van der Waals surface area contributed by atoms with Crippen LogP contribution in [-0.4, -0.2) is 44.1 Å². The fourth-order valence-electron chi connectivity index (χ4n) is 3.81. The lowest BCUT2D eigenvalue weighted by atomic mass is 9.91. The van der Waals surface area contributed by atoms with Crippen molar-refractivity contribution in [3.63, 3.8) is 0 Å². The van der Waals surface area contributed by atoms with Crippen LogP contribution in [0.5, 0.6) is 5.88 Å². The van der Waals surface area contributed by atoms with E-state index in [0.717, 1.165) is 51.3 Å². The van der Waals surface area contributed by atoms with Crippen molar-refractivity contribution in [2.45, 2.75) is 45.1 Å². The number of H-pyrrole nitrogens is 1. The molecule has 7 nitrogen and oxygen atoms in total. The summed E-state index contributed by atoms with van der Waals surface area (Å²) in [6.07, 6.45) is 5.42. The first-order chi connectivity index (χ1) is 15.9. The number of aliphatic carboxylic acids is 1. The quantitative estimate of drug-likeness (QED) is 0.393. The van der Waals surface area contributed by atoms with Gasteiger partial charge in [-0.1, -0.05) is 26.0 Å². The molecule has 33 heavy (non-hydrogen) atoms. The zero-order valence-corrected chi connectivity index (χ0v) is 18.5. The molecule has 0 spiro atoms. The number of rotatable bonds is 5. The molecule has 0 bridgehead atoms. The van der Waals surface area contributed by atoms with E-state index in [1.54, 1.807) is 0 Å². The number of aliphatic hydroxyl groups excluding tert-OH is 1. The number of halogens is 1. The second kappa shape index (κ2) is 9.54. The highest BCUT2D eigenvalue weighted by atomic mass is 19.1. The number of aliphatic hydroxyl groups is 1. The van der Waals surface area contributed by atoms with Crippen LogP contribution in [-0.2, 0) is 4.79 Å². The van der Waals surface area contributed by atoms with E-state index in [4.69, 9.17) is 24.7 Å². The van der Waals surface area contributed by atoms with Gasteiger partial charge in [-0.25, -0.2) is 14.2 Å². The highest BCUT2D eigenvalue weighted by Crippen LogP contribution is 2.41. The zero-order chi connectivity index (χ0) is 23.5. The fraction of sp³-hybridized carbons (Fsp3) is 0.320. The molecule has 2 heterocycles. The van der Waals surface area contributed by atoms with E-state index in [1.165, 1.54) is 18.6 Å². The third-order valence-electron chi connectivity index (χ3n) is 5.70. The minimum Gasteiger partial charge on any atom is -0.480 e. The van der Waals surface area contributed by atoms with Crippen molar-refractivity contribution in [1.29, 1.82) is 0 Å². The molecular formula is C25H26FN3O4. The molecule has 5 rings (SSSR count). The monoisotopic (exact) mass is 451 g/mol. The smallest absolute Gasteiger partial charge is 0.329 e. The van der Waals surface area contributed by atoms with Gasteiger partial charge in [-0.15, -0.1) is 0 Å². The van der Waals surface area contributed by atoms with Gasteiger partial charge in [0.15, 0.2) is 0 Å². The molecule has 1 aliphatic rings. The van der Waals surface area contributed by atoms with E-state index in [0.29, 0.717) is 5.88 Å². The Bertz CT molecular complexity index is 1280. The SMILES string of the molecule is CC(C)c1nc(OC2CCC2)c2cc3[nH]ncc3cc2c1-c1ccc(F)cc1.O=C(O)CO. The Labute approximate surface area is 190 Å². The molecule has 0 amide bonds. The molecule has 172 valence electrons. The molecule has 0 radical (unpaired) electrons.